The van der Waals surface area contributed by atoms with E-state index in [1.807, 2.05) is 18.5 Å². The van der Waals surface area contributed by atoms with Gasteiger partial charge >= 0.3 is 0 Å². The van der Waals surface area contributed by atoms with Crippen LogP contribution in [0.3, 0.4) is 0 Å². The van der Waals surface area contributed by atoms with Crippen molar-refractivity contribution in [1.82, 2.24) is 9.78 Å². The third-order valence-electron chi connectivity index (χ3n) is 2.11. The van der Waals surface area contributed by atoms with Gasteiger partial charge in [-0.2, -0.15) is 5.10 Å². The first kappa shape index (κ1) is 10.1. The first-order valence-corrected chi connectivity index (χ1v) is 4.64. The van der Waals surface area contributed by atoms with Gasteiger partial charge in [0.1, 0.15) is 5.69 Å². The van der Waals surface area contributed by atoms with Crippen LogP contribution in [0.5, 0.6) is 5.75 Å². The number of nitrogens with zero attached hydrogens (tertiary/aromatic N) is 2. The summed E-state index contributed by atoms with van der Waals surface area (Å²) < 4.78 is 1.87. The van der Waals surface area contributed by atoms with Crippen molar-refractivity contribution in [3.63, 3.8) is 0 Å². The maximum atomic E-state index is 9.80. The summed E-state index contributed by atoms with van der Waals surface area (Å²) in [5.74, 6) is 0.342. The summed E-state index contributed by atoms with van der Waals surface area (Å²) in [6.07, 6.45) is 0. The molecular weight excluding hydrogens is 164 g/mol. The fourth-order valence-corrected chi connectivity index (χ4v) is 1.54. The highest BCUT2D eigenvalue weighted by Crippen LogP contribution is 2.32. The molecule has 0 atom stereocenters. The minimum Gasteiger partial charge on any atom is -0.504 e. The highest BCUT2D eigenvalue weighted by atomic mass is 16.3. The summed E-state index contributed by atoms with van der Waals surface area (Å²) in [5, 5.41) is 14.1. The van der Waals surface area contributed by atoms with E-state index < -0.39 is 0 Å². The third kappa shape index (κ3) is 1.69. The van der Waals surface area contributed by atoms with Crippen molar-refractivity contribution in [2.24, 2.45) is 0 Å². The van der Waals surface area contributed by atoms with Gasteiger partial charge in [0.15, 0.2) is 5.75 Å². The Morgan fingerprint density at radius 1 is 1.38 bits per heavy atom. The molecule has 13 heavy (non-hydrogen) atoms. The van der Waals surface area contributed by atoms with Crippen molar-refractivity contribution in [1.29, 1.82) is 0 Å². The van der Waals surface area contributed by atoms with Gasteiger partial charge in [0.2, 0.25) is 0 Å². The van der Waals surface area contributed by atoms with E-state index >= 15 is 0 Å². The Balaban J connectivity index is 3.33. The van der Waals surface area contributed by atoms with Crippen LogP contribution in [-0.2, 0) is 12.0 Å². The number of aromatic nitrogens is 2. The molecule has 0 aliphatic carbocycles. The second-order valence-corrected chi connectivity index (χ2v) is 4.35. The fraction of sp³-hybridized carbons (Fsp3) is 0.700. The normalized spacial score (nSPS) is 12.1. The van der Waals surface area contributed by atoms with E-state index in [1.54, 1.807) is 0 Å². The van der Waals surface area contributed by atoms with Crippen molar-refractivity contribution >= 4 is 0 Å². The molecular formula is C10H18N2O. The summed E-state index contributed by atoms with van der Waals surface area (Å²) in [7, 11) is 0. The smallest absolute Gasteiger partial charge is 0.160 e. The van der Waals surface area contributed by atoms with Gasteiger partial charge in [0.05, 0.1) is 5.69 Å². The summed E-state index contributed by atoms with van der Waals surface area (Å²) in [6.45, 7) is 10.9. The molecule has 0 saturated carbocycles. The van der Waals surface area contributed by atoms with Gasteiger partial charge < -0.3 is 5.11 Å². The first-order valence-electron chi connectivity index (χ1n) is 4.64. The molecule has 3 nitrogen and oxygen atoms in total. The summed E-state index contributed by atoms with van der Waals surface area (Å²) >= 11 is 0. The van der Waals surface area contributed by atoms with Crippen molar-refractivity contribution in [2.45, 2.75) is 46.6 Å². The second-order valence-electron chi connectivity index (χ2n) is 4.35. The van der Waals surface area contributed by atoms with Crippen molar-refractivity contribution in [2.75, 3.05) is 0 Å². The highest BCUT2D eigenvalue weighted by molar-refractivity contribution is 5.35. The molecule has 1 heterocycles. The van der Waals surface area contributed by atoms with Crippen LogP contribution in [-0.4, -0.2) is 14.9 Å². The topological polar surface area (TPSA) is 38.0 Å². The van der Waals surface area contributed by atoms with Gasteiger partial charge in [-0.25, -0.2) is 0 Å². The lowest BCUT2D eigenvalue weighted by molar-refractivity contribution is 0.426. The van der Waals surface area contributed by atoms with Crippen molar-refractivity contribution in [3.05, 3.63) is 11.4 Å². The average molecular weight is 182 g/mol. The minimum atomic E-state index is -0.0542. The van der Waals surface area contributed by atoms with Crippen LogP contribution < -0.4 is 0 Å². The lowest BCUT2D eigenvalue weighted by Gasteiger charge is -2.19. The summed E-state index contributed by atoms with van der Waals surface area (Å²) in [6, 6.07) is 0. The van der Waals surface area contributed by atoms with E-state index in [4.69, 9.17) is 0 Å². The molecule has 1 N–H and O–H groups in total. The van der Waals surface area contributed by atoms with Crippen LogP contribution in [0.25, 0.3) is 0 Å². The van der Waals surface area contributed by atoms with E-state index in [-0.39, 0.29) is 5.41 Å². The molecule has 0 radical (unpaired) electrons. The molecule has 0 spiro atoms. The maximum Gasteiger partial charge on any atom is 0.160 e. The van der Waals surface area contributed by atoms with E-state index in [9.17, 15) is 5.11 Å². The lowest BCUT2D eigenvalue weighted by atomic mass is 9.91. The monoisotopic (exact) mass is 182 g/mol. The van der Waals surface area contributed by atoms with Gasteiger partial charge in [0, 0.05) is 12.0 Å². The highest BCUT2D eigenvalue weighted by Gasteiger charge is 2.25. The minimum absolute atomic E-state index is 0.0542. The molecule has 0 fully saturated rings. The summed E-state index contributed by atoms with van der Waals surface area (Å²) in [5.41, 5.74) is 1.58. The Hall–Kier alpha value is -0.990. The molecule has 0 unspecified atom stereocenters. The van der Waals surface area contributed by atoms with E-state index in [2.05, 4.69) is 25.9 Å². The van der Waals surface area contributed by atoms with Crippen LogP contribution in [0.15, 0.2) is 0 Å². The zero-order valence-corrected chi connectivity index (χ0v) is 9.05. The predicted molar refractivity (Wildman–Crippen MR) is 53.0 cm³/mol. The Bertz CT molecular complexity index is 307. The fourth-order valence-electron chi connectivity index (χ4n) is 1.54. The molecule has 0 bridgehead atoms. The zero-order chi connectivity index (χ0) is 10.2. The van der Waals surface area contributed by atoms with E-state index in [1.165, 1.54) is 0 Å². The van der Waals surface area contributed by atoms with Crippen LogP contribution in [0.1, 0.15) is 39.1 Å². The van der Waals surface area contributed by atoms with Crippen LogP contribution in [0.4, 0.5) is 0 Å². The van der Waals surface area contributed by atoms with Crippen LogP contribution in [0, 0.1) is 6.92 Å². The van der Waals surface area contributed by atoms with Crippen molar-refractivity contribution in [3.8, 4) is 5.75 Å². The molecule has 0 amide bonds. The molecule has 74 valence electrons. The Kier molecular flexibility index (Phi) is 2.37. The number of rotatable bonds is 1. The van der Waals surface area contributed by atoms with E-state index in [0.717, 1.165) is 12.2 Å². The first-order chi connectivity index (χ1) is 5.88. The Morgan fingerprint density at radius 2 is 1.92 bits per heavy atom. The van der Waals surface area contributed by atoms with Crippen molar-refractivity contribution < 1.29 is 5.11 Å². The predicted octanol–water partition coefficient (Wildman–Crippen LogP) is 2.21. The Morgan fingerprint density at radius 3 is 2.23 bits per heavy atom. The van der Waals surface area contributed by atoms with Gasteiger partial charge in [-0.3, -0.25) is 4.68 Å². The lowest BCUT2D eigenvalue weighted by Crippen LogP contribution is -2.18. The number of aromatic hydroxyl groups is 1. The quantitative estimate of drug-likeness (QED) is 0.723. The Labute approximate surface area is 79.4 Å². The SMILES string of the molecule is CCn1nc(C)c(O)c1C(C)(C)C. The molecule has 0 aromatic carbocycles. The average Bonchev–Trinajstić information content (AvgIpc) is 2.26. The molecule has 0 saturated heterocycles. The zero-order valence-electron chi connectivity index (χ0n) is 9.05. The second kappa shape index (κ2) is 3.05. The largest absolute Gasteiger partial charge is 0.504 e. The summed E-state index contributed by atoms with van der Waals surface area (Å²) in [4.78, 5) is 0. The molecule has 0 aliphatic rings. The molecule has 1 aromatic heterocycles. The number of aryl methyl sites for hydroxylation is 2. The van der Waals surface area contributed by atoms with Gasteiger partial charge in [0.25, 0.3) is 0 Å². The maximum absolute atomic E-state index is 9.80. The van der Waals surface area contributed by atoms with Gasteiger partial charge in [-0.15, -0.1) is 0 Å². The standard InChI is InChI=1S/C10H18N2O/c1-6-12-9(10(3,4)5)8(13)7(2)11-12/h13H,6H2,1-5H3. The van der Waals surface area contributed by atoms with E-state index in [0.29, 0.717) is 11.4 Å². The van der Waals surface area contributed by atoms with Gasteiger partial charge in [-0.1, -0.05) is 20.8 Å². The molecule has 1 aromatic rings. The van der Waals surface area contributed by atoms with Crippen LogP contribution >= 0.6 is 0 Å². The van der Waals surface area contributed by atoms with Gasteiger partial charge in [-0.05, 0) is 13.8 Å². The molecule has 0 aliphatic heterocycles. The molecule has 3 heteroatoms. The number of hydrogen-bond acceptors (Lipinski definition) is 2. The third-order valence-corrected chi connectivity index (χ3v) is 2.11. The molecule has 1 rings (SSSR count). The number of hydrogen-bond donors (Lipinski definition) is 1. The van der Waals surface area contributed by atoms with Crippen LogP contribution in [0.2, 0.25) is 0 Å².